The zero-order valence-electron chi connectivity index (χ0n) is 10.8. The van der Waals surface area contributed by atoms with Crippen molar-refractivity contribution in [1.29, 1.82) is 0 Å². The zero-order chi connectivity index (χ0) is 13.8. The van der Waals surface area contributed by atoms with Crippen LogP contribution in [0.4, 0.5) is 0 Å². The first-order valence-corrected chi connectivity index (χ1v) is 6.20. The number of aromatic hydroxyl groups is 1. The summed E-state index contributed by atoms with van der Waals surface area (Å²) in [7, 11) is 0. The van der Waals surface area contributed by atoms with Crippen molar-refractivity contribution in [2.45, 2.75) is 19.3 Å². The first kappa shape index (κ1) is 13.1. The van der Waals surface area contributed by atoms with Gasteiger partial charge in [-0.15, -0.1) is 0 Å². The molecule has 0 fully saturated rings. The van der Waals surface area contributed by atoms with Crippen LogP contribution in [-0.4, -0.2) is 11.0 Å². The number of nitrogens with two attached hydrogens (primary N) is 1. The van der Waals surface area contributed by atoms with Gasteiger partial charge in [0.2, 0.25) is 5.91 Å². The smallest absolute Gasteiger partial charge is 0.218 e. The fourth-order valence-electron chi connectivity index (χ4n) is 2.25. The van der Waals surface area contributed by atoms with Crippen molar-refractivity contribution in [3.63, 3.8) is 0 Å². The van der Waals surface area contributed by atoms with Crippen LogP contribution in [0.25, 0.3) is 0 Å². The lowest BCUT2D eigenvalue weighted by atomic mass is 9.87. The Labute approximate surface area is 112 Å². The topological polar surface area (TPSA) is 63.3 Å². The highest BCUT2D eigenvalue weighted by atomic mass is 16.3. The summed E-state index contributed by atoms with van der Waals surface area (Å²) in [4.78, 5) is 11.3. The molecule has 19 heavy (non-hydrogen) atoms. The Morgan fingerprint density at radius 3 is 2.53 bits per heavy atom. The van der Waals surface area contributed by atoms with Crippen LogP contribution in [-0.2, 0) is 4.79 Å². The minimum absolute atomic E-state index is 0.182. The van der Waals surface area contributed by atoms with E-state index in [4.69, 9.17) is 5.73 Å². The highest BCUT2D eigenvalue weighted by molar-refractivity contribution is 5.75. The van der Waals surface area contributed by atoms with Crippen molar-refractivity contribution >= 4 is 5.91 Å². The van der Waals surface area contributed by atoms with Crippen LogP contribution in [0.15, 0.2) is 48.5 Å². The number of aryl methyl sites for hydroxylation is 1. The second-order valence-corrected chi connectivity index (χ2v) is 4.70. The van der Waals surface area contributed by atoms with E-state index in [-0.39, 0.29) is 24.0 Å². The van der Waals surface area contributed by atoms with Gasteiger partial charge in [-0.1, -0.05) is 48.0 Å². The summed E-state index contributed by atoms with van der Waals surface area (Å²) < 4.78 is 0. The predicted octanol–water partition coefficient (Wildman–Crippen LogP) is 2.71. The van der Waals surface area contributed by atoms with Gasteiger partial charge in [-0.05, 0) is 18.6 Å². The number of amides is 1. The maximum absolute atomic E-state index is 11.3. The predicted molar refractivity (Wildman–Crippen MR) is 74.9 cm³/mol. The van der Waals surface area contributed by atoms with Gasteiger partial charge in [-0.2, -0.15) is 0 Å². The van der Waals surface area contributed by atoms with Crippen LogP contribution >= 0.6 is 0 Å². The van der Waals surface area contributed by atoms with Crippen molar-refractivity contribution in [3.8, 4) is 5.75 Å². The number of benzene rings is 2. The fraction of sp³-hybridized carbons (Fsp3) is 0.188. The van der Waals surface area contributed by atoms with Crippen LogP contribution in [0.5, 0.6) is 5.75 Å². The molecule has 1 amide bonds. The lowest BCUT2D eigenvalue weighted by molar-refractivity contribution is -0.118. The number of phenols is 1. The summed E-state index contributed by atoms with van der Waals surface area (Å²) >= 11 is 0. The molecule has 0 saturated carbocycles. The Morgan fingerprint density at radius 2 is 1.89 bits per heavy atom. The Hall–Kier alpha value is -2.29. The van der Waals surface area contributed by atoms with Gasteiger partial charge in [-0.25, -0.2) is 0 Å². The third-order valence-corrected chi connectivity index (χ3v) is 3.17. The summed E-state index contributed by atoms with van der Waals surface area (Å²) in [5.74, 6) is -0.394. The van der Waals surface area contributed by atoms with Gasteiger partial charge in [0.15, 0.2) is 0 Å². The Bertz CT molecular complexity index is 579. The number of carbonyl (C=O) groups excluding carboxylic acids is 1. The summed E-state index contributed by atoms with van der Waals surface area (Å²) in [6, 6.07) is 15.0. The van der Waals surface area contributed by atoms with E-state index in [0.717, 1.165) is 16.7 Å². The first-order chi connectivity index (χ1) is 9.08. The third-order valence-electron chi connectivity index (χ3n) is 3.17. The molecule has 0 aliphatic rings. The molecule has 0 aromatic heterocycles. The zero-order valence-corrected chi connectivity index (χ0v) is 10.8. The molecule has 0 aliphatic carbocycles. The molecule has 2 rings (SSSR count). The van der Waals surface area contributed by atoms with Gasteiger partial charge < -0.3 is 10.8 Å². The maximum atomic E-state index is 11.3. The lowest BCUT2D eigenvalue weighted by Gasteiger charge is -2.18. The maximum Gasteiger partial charge on any atom is 0.218 e. The molecule has 3 heteroatoms. The van der Waals surface area contributed by atoms with Gasteiger partial charge in [0, 0.05) is 17.9 Å². The molecule has 0 bridgehead atoms. The Balaban J connectivity index is 2.48. The van der Waals surface area contributed by atoms with E-state index >= 15 is 0 Å². The van der Waals surface area contributed by atoms with E-state index in [1.165, 1.54) is 0 Å². The quantitative estimate of drug-likeness (QED) is 0.882. The molecule has 98 valence electrons. The summed E-state index contributed by atoms with van der Waals surface area (Å²) in [5.41, 5.74) is 8.09. The normalized spacial score (nSPS) is 12.1. The monoisotopic (exact) mass is 255 g/mol. The number of phenolic OH excluding ortho intramolecular Hbond substituents is 1. The molecule has 3 nitrogen and oxygen atoms in total. The van der Waals surface area contributed by atoms with E-state index < -0.39 is 0 Å². The largest absolute Gasteiger partial charge is 0.508 e. The van der Waals surface area contributed by atoms with Crippen molar-refractivity contribution in [2.24, 2.45) is 5.73 Å². The van der Waals surface area contributed by atoms with Gasteiger partial charge in [0.25, 0.3) is 0 Å². The van der Waals surface area contributed by atoms with Crippen LogP contribution in [0, 0.1) is 6.92 Å². The van der Waals surface area contributed by atoms with Crippen LogP contribution in [0.1, 0.15) is 29.0 Å². The molecular weight excluding hydrogens is 238 g/mol. The minimum atomic E-state index is -0.380. The van der Waals surface area contributed by atoms with E-state index in [1.807, 2.05) is 49.4 Å². The van der Waals surface area contributed by atoms with Crippen molar-refractivity contribution < 1.29 is 9.90 Å². The average molecular weight is 255 g/mol. The van der Waals surface area contributed by atoms with Crippen LogP contribution < -0.4 is 5.73 Å². The van der Waals surface area contributed by atoms with Gasteiger partial charge in [0.05, 0.1) is 0 Å². The fourth-order valence-corrected chi connectivity index (χ4v) is 2.25. The Morgan fingerprint density at radius 1 is 1.21 bits per heavy atom. The first-order valence-electron chi connectivity index (χ1n) is 6.20. The molecule has 2 aromatic carbocycles. The number of primary amides is 1. The molecular formula is C16H17NO2. The molecule has 0 aliphatic heterocycles. The number of hydrogen-bond acceptors (Lipinski definition) is 2. The molecule has 0 radical (unpaired) electrons. The van der Waals surface area contributed by atoms with E-state index in [2.05, 4.69) is 0 Å². The van der Waals surface area contributed by atoms with Gasteiger partial charge in [-0.3, -0.25) is 4.79 Å². The van der Waals surface area contributed by atoms with E-state index in [9.17, 15) is 9.90 Å². The molecule has 3 N–H and O–H groups in total. The highest BCUT2D eigenvalue weighted by Crippen LogP contribution is 2.34. The second-order valence-electron chi connectivity index (χ2n) is 4.70. The van der Waals surface area contributed by atoms with E-state index in [1.54, 1.807) is 6.07 Å². The SMILES string of the molecule is Cc1ccc(O)c(C(CC(N)=O)c2ccccc2)c1. The van der Waals surface area contributed by atoms with Crippen LogP contribution in [0.3, 0.4) is 0 Å². The second kappa shape index (κ2) is 5.57. The standard InChI is InChI=1S/C16H17NO2/c1-11-7-8-15(18)14(9-11)13(10-16(17)19)12-5-3-2-4-6-12/h2-9,13,18H,10H2,1H3,(H2,17,19). The van der Waals surface area contributed by atoms with Crippen molar-refractivity contribution in [1.82, 2.24) is 0 Å². The third kappa shape index (κ3) is 3.13. The van der Waals surface area contributed by atoms with Gasteiger partial charge >= 0.3 is 0 Å². The van der Waals surface area contributed by atoms with Crippen molar-refractivity contribution in [2.75, 3.05) is 0 Å². The molecule has 1 unspecified atom stereocenters. The Kier molecular flexibility index (Phi) is 3.85. The molecule has 0 heterocycles. The lowest BCUT2D eigenvalue weighted by Crippen LogP contribution is -2.16. The highest BCUT2D eigenvalue weighted by Gasteiger charge is 2.19. The van der Waals surface area contributed by atoms with E-state index in [0.29, 0.717) is 0 Å². The summed E-state index contributed by atoms with van der Waals surface area (Å²) in [5, 5.41) is 10.0. The molecule has 0 spiro atoms. The minimum Gasteiger partial charge on any atom is -0.508 e. The number of hydrogen-bond donors (Lipinski definition) is 2. The van der Waals surface area contributed by atoms with Crippen molar-refractivity contribution in [3.05, 3.63) is 65.2 Å². The molecule has 1 atom stereocenters. The summed E-state index contributed by atoms with van der Waals surface area (Å²) in [6.45, 7) is 1.95. The summed E-state index contributed by atoms with van der Waals surface area (Å²) in [6.07, 6.45) is 0.182. The average Bonchev–Trinajstić information content (AvgIpc) is 2.40. The molecule has 0 saturated heterocycles. The van der Waals surface area contributed by atoms with Gasteiger partial charge in [0.1, 0.15) is 5.75 Å². The number of rotatable bonds is 4. The molecule has 2 aromatic rings. The number of carbonyl (C=O) groups is 1. The van der Waals surface area contributed by atoms with Crippen LogP contribution in [0.2, 0.25) is 0 Å².